The van der Waals surface area contributed by atoms with Crippen LogP contribution in [0.3, 0.4) is 0 Å². The third-order valence-corrected chi connectivity index (χ3v) is 12.1. The van der Waals surface area contributed by atoms with Crippen molar-refractivity contribution in [2.75, 3.05) is 33.0 Å². The molecular formula is C32H56N6O8S. The van der Waals surface area contributed by atoms with Crippen molar-refractivity contribution < 1.29 is 37.2 Å². The molecule has 3 fully saturated rings. The lowest BCUT2D eigenvalue weighted by atomic mass is 9.83. The maximum Gasteiger partial charge on any atom is 0.315 e. The first-order chi connectivity index (χ1) is 21.8. The predicted octanol–water partition coefficient (Wildman–Crippen LogP) is 1.70. The Hall–Kier alpha value is -2.78. The molecule has 3 rings (SSSR count). The number of Topliss-reactive ketones (excluding diaryl/α,β-unsaturated/α-hetero) is 1. The number of carbonyl (C=O) groups excluding carboxylic acids is 5. The van der Waals surface area contributed by atoms with E-state index in [1.165, 1.54) is 19.1 Å². The van der Waals surface area contributed by atoms with Crippen LogP contribution >= 0.6 is 0 Å². The molecule has 4 N–H and O–H groups in total. The fraction of sp³-hybridized carbons (Fsp3) is 0.844. The van der Waals surface area contributed by atoms with Gasteiger partial charge in [-0.1, -0.05) is 71.7 Å². The Labute approximate surface area is 279 Å². The molecule has 15 heteroatoms. The molecule has 1 saturated heterocycles. The van der Waals surface area contributed by atoms with Gasteiger partial charge >= 0.3 is 6.03 Å². The monoisotopic (exact) mass is 684 g/mol. The molecule has 14 nitrogen and oxygen atoms in total. The number of hydroxylamine groups is 1. The maximum absolute atomic E-state index is 14.3. The van der Waals surface area contributed by atoms with Crippen LogP contribution in [0.15, 0.2) is 0 Å². The average molecular weight is 685 g/mol. The fourth-order valence-electron chi connectivity index (χ4n) is 7.34. The molecule has 268 valence electrons. The van der Waals surface area contributed by atoms with Gasteiger partial charge in [0.2, 0.25) is 27.6 Å². The van der Waals surface area contributed by atoms with E-state index in [1.807, 2.05) is 41.5 Å². The van der Waals surface area contributed by atoms with Gasteiger partial charge in [-0.15, -0.1) is 0 Å². The van der Waals surface area contributed by atoms with Crippen LogP contribution in [0.1, 0.15) is 93.4 Å². The van der Waals surface area contributed by atoms with Crippen LogP contribution in [0.2, 0.25) is 0 Å². The highest BCUT2D eigenvalue weighted by atomic mass is 32.2. The van der Waals surface area contributed by atoms with E-state index in [1.54, 1.807) is 6.92 Å². The van der Waals surface area contributed by atoms with Gasteiger partial charge in [-0.05, 0) is 48.9 Å². The minimum atomic E-state index is -3.86. The van der Waals surface area contributed by atoms with Gasteiger partial charge in [0.25, 0.3) is 5.91 Å². The highest BCUT2D eigenvalue weighted by molar-refractivity contribution is 7.89. The summed E-state index contributed by atoms with van der Waals surface area (Å²) in [7, 11) is -1.30. The average Bonchev–Trinajstić information content (AvgIpc) is 3.29. The zero-order valence-corrected chi connectivity index (χ0v) is 30.3. The summed E-state index contributed by atoms with van der Waals surface area (Å²) in [6.45, 7) is 13.6. The summed E-state index contributed by atoms with van der Waals surface area (Å²) < 4.78 is 26.8. The number of urea groups is 1. The van der Waals surface area contributed by atoms with Crippen LogP contribution < -0.4 is 21.3 Å². The minimum Gasteiger partial charge on any atom is -0.350 e. The van der Waals surface area contributed by atoms with Crippen LogP contribution in [0.5, 0.6) is 0 Å². The molecule has 0 spiro atoms. The number of ketones is 1. The largest absolute Gasteiger partial charge is 0.350 e. The SMILES string of the molecule is CCC[C@H](NC(=O)[C@@H]1[C@@H]2[C@H](CN1C(=O)[C@@H](NC(=O)NC1(CS(=O)(=O)N(C)OC)CCCCC1)C(C)(C)C)C2(C)C)C(=O)C(=O)NCC. The lowest BCUT2D eigenvalue weighted by Crippen LogP contribution is -2.64. The van der Waals surface area contributed by atoms with Gasteiger partial charge in [0, 0.05) is 20.1 Å². The summed E-state index contributed by atoms with van der Waals surface area (Å²) in [4.78, 5) is 73.5. The number of rotatable bonds is 14. The van der Waals surface area contributed by atoms with Crippen molar-refractivity contribution in [2.45, 2.75) is 117 Å². The second-order valence-corrected chi connectivity index (χ2v) is 17.0. The second-order valence-electron chi connectivity index (χ2n) is 15.0. The molecule has 0 bridgehead atoms. The Balaban J connectivity index is 1.85. The second kappa shape index (κ2) is 14.8. The van der Waals surface area contributed by atoms with Gasteiger partial charge < -0.3 is 26.2 Å². The highest BCUT2D eigenvalue weighted by Gasteiger charge is 2.70. The first kappa shape index (κ1) is 38.7. The summed E-state index contributed by atoms with van der Waals surface area (Å²) in [5.41, 5.74) is -2.04. The van der Waals surface area contributed by atoms with Gasteiger partial charge in [-0.2, -0.15) is 0 Å². The van der Waals surface area contributed by atoms with Crippen molar-refractivity contribution in [1.82, 2.24) is 30.6 Å². The van der Waals surface area contributed by atoms with Gasteiger partial charge in [-0.3, -0.25) is 24.0 Å². The van der Waals surface area contributed by atoms with Crippen LogP contribution in [0.4, 0.5) is 4.79 Å². The Morgan fingerprint density at radius 3 is 2.17 bits per heavy atom. The summed E-state index contributed by atoms with van der Waals surface area (Å²) in [5, 5.41) is 11.0. The van der Waals surface area contributed by atoms with Crippen LogP contribution in [-0.4, -0.2) is 104 Å². The number of nitrogens with one attached hydrogen (secondary N) is 4. The van der Waals surface area contributed by atoms with E-state index in [-0.39, 0.29) is 36.0 Å². The van der Waals surface area contributed by atoms with Crippen molar-refractivity contribution in [2.24, 2.45) is 22.7 Å². The topological polar surface area (TPSA) is 183 Å². The Bertz CT molecular complexity index is 1310. The van der Waals surface area contributed by atoms with E-state index in [4.69, 9.17) is 4.84 Å². The zero-order chi connectivity index (χ0) is 35.5. The molecule has 3 aliphatic rings. The van der Waals surface area contributed by atoms with Crippen molar-refractivity contribution in [3.63, 3.8) is 0 Å². The Kier molecular flexibility index (Phi) is 12.2. The lowest BCUT2D eigenvalue weighted by molar-refractivity contribution is -0.145. The molecule has 0 aromatic heterocycles. The number of fused-ring (bicyclic) bond motifs is 1. The summed E-state index contributed by atoms with van der Waals surface area (Å²) >= 11 is 0. The number of hydrogen-bond acceptors (Lipinski definition) is 8. The number of piperidine rings is 1. The summed E-state index contributed by atoms with van der Waals surface area (Å²) in [6.07, 6.45) is 4.11. The predicted molar refractivity (Wildman–Crippen MR) is 176 cm³/mol. The zero-order valence-electron chi connectivity index (χ0n) is 29.5. The number of carbonyl (C=O) groups is 5. The molecule has 0 unspecified atom stereocenters. The van der Waals surface area contributed by atoms with E-state index >= 15 is 0 Å². The normalized spacial score (nSPS) is 24.5. The standard InChI is InChI=1S/C32H56N6O8S/c1-10-15-21(24(39)27(41)33-11-2)34-26(40)23-22-20(31(22,6)7)18-38(23)28(42)25(30(3,4)5)35-29(43)36-32(16-13-12-14-17-32)19-47(44,45)37(8)46-9/h20-23,25H,10-19H2,1-9H3,(H,33,41)(H,34,40)(H2,35,36,43)/t20-,21-,22-,23-,25+/m0/s1. The van der Waals surface area contributed by atoms with Crippen molar-refractivity contribution in [1.29, 1.82) is 0 Å². The molecule has 47 heavy (non-hydrogen) atoms. The van der Waals surface area contributed by atoms with Crippen molar-refractivity contribution in [3.8, 4) is 0 Å². The number of sulfonamides is 1. The Morgan fingerprint density at radius 2 is 1.64 bits per heavy atom. The number of hydrogen-bond donors (Lipinski definition) is 4. The molecule has 5 atom stereocenters. The molecule has 2 saturated carbocycles. The third kappa shape index (κ3) is 8.63. The van der Waals surface area contributed by atoms with Crippen LogP contribution in [0, 0.1) is 22.7 Å². The molecule has 0 aromatic carbocycles. The first-order valence-corrected chi connectivity index (χ1v) is 18.4. The van der Waals surface area contributed by atoms with Gasteiger partial charge in [0.1, 0.15) is 12.1 Å². The number of likely N-dealkylation sites (tertiary alicyclic amines) is 1. The summed E-state index contributed by atoms with van der Waals surface area (Å²) in [5.74, 6) is -2.90. The van der Waals surface area contributed by atoms with E-state index in [0.29, 0.717) is 25.8 Å². The van der Waals surface area contributed by atoms with Crippen LogP contribution in [-0.2, 0) is 34.0 Å². The van der Waals surface area contributed by atoms with Crippen LogP contribution in [0.25, 0.3) is 0 Å². The Morgan fingerprint density at radius 1 is 1.02 bits per heavy atom. The van der Waals surface area contributed by atoms with E-state index in [9.17, 15) is 32.4 Å². The molecule has 0 radical (unpaired) electrons. The lowest BCUT2D eigenvalue weighted by Gasteiger charge is -2.41. The number of nitrogens with zero attached hydrogens (tertiary/aromatic N) is 2. The quantitative estimate of drug-likeness (QED) is 0.157. The molecule has 0 aromatic rings. The first-order valence-electron chi connectivity index (χ1n) is 16.8. The maximum atomic E-state index is 14.3. The molecule has 1 heterocycles. The molecule has 1 aliphatic heterocycles. The molecule has 2 aliphatic carbocycles. The van der Waals surface area contributed by atoms with Crippen molar-refractivity contribution >= 4 is 39.6 Å². The van der Waals surface area contributed by atoms with E-state index in [0.717, 1.165) is 23.7 Å². The van der Waals surface area contributed by atoms with E-state index < -0.39 is 68.6 Å². The van der Waals surface area contributed by atoms with Gasteiger partial charge in [-0.25, -0.2) is 13.2 Å². The summed E-state index contributed by atoms with van der Waals surface area (Å²) in [6, 6.07) is -3.64. The number of amides is 5. The fourth-order valence-corrected chi connectivity index (χ4v) is 8.81. The number of likely N-dealkylation sites (N-methyl/N-ethyl adjacent to an activating group) is 1. The molecular weight excluding hydrogens is 628 g/mol. The molecule has 5 amide bonds. The van der Waals surface area contributed by atoms with E-state index in [2.05, 4.69) is 21.3 Å². The minimum absolute atomic E-state index is 0.0499. The van der Waals surface area contributed by atoms with Gasteiger partial charge in [0.05, 0.1) is 24.4 Å². The van der Waals surface area contributed by atoms with Crippen molar-refractivity contribution in [3.05, 3.63) is 0 Å². The highest BCUT2D eigenvalue weighted by Crippen LogP contribution is 2.65. The third-order valence-electron chi connectivity index (χ3n) is 10.2. The smallest absolute Gasteiger partial charge is 0.315 e. The van der Waals surface area contributed by atoms with Gasteiger partial charge in [0.15, 0.2) is 0 Å².